The maximum atomic E-state index is 13.0. The molecule has 1 N–H and O–H groups in total. The van der Waals surface area contributed by atoms with Crippen LogP contribution in [0.3, 0.4) is 0 Å². The van der Waals surface area contributed by atoms with Gasteiger partial charge in [-0.25, -0.2) is 4.79 Å². The van der Waals surface area contributed by atoms with Crippen molar-refractivity contribution in [1.29, 1.82) is 0 Å². The molecular weight excluding hydrogens is 489 g/mol. The van der Waals surface area contributed by atoms with E-state index in [1.807, 2.05) is 12.1 Å². The smallest absolute Gasteiger partial charge is 0.344 e. The molecule has 0 aliphatic rings. The number of furan rings is 1. The Labute approximate surface area is 209 Å². The second-order valence-electron chi connectivity index (χ2n) is 7.64. The topological polar surface area (TPSA) is 81.7 Å². The molecule has 5 aromatic rings. The predicted octanol–water partition coefficient (Wildman–Crippen LogP) is 7.29. The monoisotopic (exact) mass is 505 g/mol. The molecule has 0 saturated heterocycles. The minimum absolute atomic E-state index is 0.0636. The highest BCUT2D eigenvalue weighted by Crippen LogP contribution is 2.33. The van der Waals surface area contributed by atoms with E-state index >= 15 is 0 Å². The zero-order valence-corrected chi connectivity index (χ0v) is 19.8. The Morgan fingerprint density at radius 3 is 2.54 bits per heavy atom. The SMILES string of the molecule is COc1ccc(-c2cc3ccccc3oc2=O)cc1NC(=O)c1ccc(-c2cc(Cl)ccc2Cl)o1. The van der Waals surface area contributed by atoms with Gasteiger partial charge in [-0.3, -0.25) is 4.79 Å². The number of anilines is 1. The van der Waals surface area contributed by atoms with Crippen LogP contribution < -0.4 is 15.7 Å². The Morgan fingerprint density at radius 2 is 1.71 bits per heavy atom. The van der Waals surface area contributed by atoms with Crippen LogP contribution in [0.2, 0.25) is 10.0 Å². The molecule has 0 saturated carbocycles. The zero-order valence-electron chi connectivity index (χ0n) is 18.3. The van der Waals surface area contributed by atoms with Crippen LogP contribution in [0.4, 0.5) is 5.69 Å². The summed E-state index contributed by atoms with van der Waals surface area (Å²) in [4.78, 5) is 25.6. The Kier molecular flexibility index (Phi) is 6.07. The maximum absolute atomic E-state index is 13.0. The normalized spacial score (nSPS) is 10.9. The molecule has 0 radical (unpaired) electrons. The van der Waals surface area contributed by atoms with Gasteiger partial charge in [-0.05, 0) is 60.2 Å². The lowest BCUT2D eigenvalue weighted by Crippen LogP contribution is -2.12. The number of hydrogen-bond acceptors (Lipinski definition) is 5. The van der Waals surface area contributed by atoms with E-state index in [-0.39, 0.29) is 5.76 Å². The lowest BCUT2D eigenvalue weighted by molar-refractivity contribution is 0.0997. The van der Waals surface area contributed by atoms with Crippen LogP contribution in [0.15, 0.2) is 92.5 Å². The zero-order chi connectivity index (χ0) is 24.5. The van der Waals surface area contributed by atoms with E-state index in [2.05, 4.69) is 5.32 Å². The minimum Gasteiger partial charge on any atom is -0.495 e. The van der Waals surface area contributed by atoms with Crippen molar-refractivity contribution in [2.45, 2.75) is 0 Å². The Bertz CT molecular complexity index is 1640. The van der Waals surface area contributed by atoms with Crippen molar-refractivity contribution in [2.24, 2.45) is 0 Å². The quantitative estimate of drug-likeness (QED) is 0.253. The highest BCUT2D eigenvalue weighted by Gasteiger charge is 2.18. The molecule has 35 heavy (non-hydrogen) atoms. The van der Waals surface area contributed by atoms with Crippen LogP contribution in [-0.4, -0.2) is 13.0 Å². The van der Waals surface area contributed by atoms with Gasteiger partial charge in [0, 0.05) is 16.0 Å². The first-order valence-electron chi connectivity index (χ1n) is 10.5. The van der Waals surface area contributed by atoms with Crippen LogP contribution in [0.25, 0.3) is 33.4 Å². The lowest BCUT2D eigenvalue weighted by atomic mass is 10.0. The molecule has 6 nitrogen and oxygen atoms in total. The number of nitrogens with one attached hydrogen (secondary N) is 1. The molecule has 0 aliphatic carbocycles. The molecule has 3 aromatic carbocycles. The van der Waals surface area contributed by atoms with Crippen molar-refractivity contribution in [1.82, 2.24) is 0 Å². The number of carbonyl (C=O) groups excluding carboxylic acids is 1. The van der Waals surface area contributed by atoms with Crippen molar-refractivity contribution in [3.8, 4) is 28.2 Å². The van der Waals surface area contributed by atoms with Gasteiger partial charge in [0.1, 0.15) is 17.1 Å². The van der Waals surface area contributed by atoms with Crippen molar-refractivity contribution in [3.63, 3.8) is 0 Å². The Balaban J connectivity index is 1.47. The molecule has 0 atom stereocenters. The molecule has 174 valence electrons. The van der Waals surface area contributed by atoms with Gasteiger partial charge in [0.05, 0.1) is 23.4 Å². The number of rotatable bonds is 5. The third-order valence-electron chi connectivity index (χ3n) is 5.42. The first-order chi connectivity index (χ1) is 16.9. The van der Waals surface area contributed by atoms with Gasteiger partial charge in [-0.2, -0.15) is 0 Å². The summed E-state index contributed by atoms with van der Waals surface area (Å²) in [5.74, 6) is 0.373. The molecule has 0 aliphatic heterocycles. The predicted molar refractivity (Wildman–Crippen MR) is 137 cm³/mol. The van der Waals surface area contributed by atoms with Crippen molar-refractivity contribution < 1.29 is 18.4 Å². The number of benzene rings is 3. The van der Waals surface area contributed by atoms with Gasteiger partial charge in [-0.15, -0.1) is 0 Å². The average molecular weight is 506 g/mol. The van der Waals surface area contributed by atoms with Crippen molar-refractivity contribution in [2.75, 3.05) is 12.4 Å². The van der Waals surface area contributed by atoms with Crippen LogP contribution >= 0.6 is 23.2 Å². The van der Waals surface area contributed by atoms with Crippen LogP contribution in [-0.2, 0) is 0 Å². The van der Waals surface area contributed by atoms with E-state index < -0.39 is 11.5 Å². The summed E-state index contributed by atoms with van der Waals surface area (Å²) in [5.41, 5.74) is 1.86. The van der Waals surface area contributed by atoms with Gasteiger partial charge < -0.3 is 18.9 Å². The molecule has 0 spiro atoms. The number of hydrogen-bond donors (Lipinski definition) is 1. The average Bonchev–Trinajstić information content (AvgIpc) is 3.35. The van der Waals surface area contributed by atoms with Gasteiger partial charge in [-0.1, -0.05) is 47.5 Å². The van der Waals surface area contributed by atoms with Crippen molar-refractivity contribution in [3.05, 3.63) is 105 Å². The fourth-order valence-electron chi connectivity index (χ4n) is 3.71. The fraction of sp³-hybridized carbons (Fsp3) is 0.0370. The first-order valence-corrected chi connectivity index (χ1v) is 11.3. The second kappa shape index (κ2) is 9.33. The lowest BCUT2D eigenvalue weighted by Gasteiger charge is -2.11. The van der Waals surface area contributed by atoms with Gasteiger partial charge >= 0.3 is 5.63 Å². The van der Waals surface area contributed by atoms with E-state index in [0.717, 1.165) is 5.39 Å². The number of ether oxygens (including phenoxy) is 1. The van der Waals surface area contributed by atoms with Crippen LogP contribution in [0, 0.1) is 0 Å². The van der Waals surface area contributed by atoms with Crippen LogP contribution in [0.5, 0.6) is 5.75 Å². The number of methoxy groups -OCH3 is 1. The summed E-state index contributed by atoms with van der Waals surface area (Å²) in [6, 6.07) is 22.2. The molecule has 0 bridgehead atoms. The Morgan fingerprint density at radius 1 is 0.886 bits per heavy atom. The third-order valence-corrected chi connectivity index (χ3v) is 5.99. The van der Waals surface area contributed by atoms with Gasteiger partial charge in [0.2, 0.25) is 0 Å². The van der Waals surface area contributed by atoms with E-state index in [0.29, 0.717) is 49.5 Å². The Hall–Kier alpha value is -4.00. The molecule has 5 rings (SSSR count). The highest BCUT2D eigenvalue weighted by atomic mass is 35.5. The number of amides is 1. The molecule has 2 aromatic heterocycles. The molecule has 8 heteroatoms. The molecular formula is C27H17Cl2NO5. The first kappa shape index (κ1) is 22.8. The van der Waals surface area contributed by atoms with E-state index in [1.54, 1.807) is 60.7 Å². The van der Waals surface area contributed by atoms with Crippen LogP contribution in [0.1, 0.15) is 10.6 Å². The second-order valence-corrected chi connectivity index (χ2v) is 8.49. The molecule has 1 amide bonds. The van der Waals surface area contributed by atoms with E-state index in [9.17, 15) is 9.59 Å². The van der Waals surface area contributed by atoms with E-state index in [4.69, 9.17) is 36.8 Å². The summed E-state index contributed by atoms with van der Waals surface area (Å²) >= 11 is 12.3. The number of carbonyl (C=O) groups is 1. The standard InChI is InChI=1S/C27H17Cl2NO5/c1-33-24-9-6-15(18-12-16-4-2-3-5-22(16)35-27(18)32)13-21(24)30-26(31)25-11-10-23(34-25)19-14-17(28)7-8-20(19)29/h2-14H,1H3,(H,30,31). The summed E-state index contributed by atoms with van der Waals surface area (Å²) in [5, 5.41) is 4.51. The summed E-state index contributed by atoms with van der Waals surface area (Å²) in [6.07, 6.45) is 0. The maximum Gasteiger partial charge on any atom is 0.344 e. The van der Waals surface area contributed by atoms with Crippen molar-refractivity contribution >= 4 is 45.8 Å². The highest BCUT2D eigenvalue weighted by molar-refractivity contribution is 6.35. The number of para-hydroxylation sites is 1. The summed E-state index contributed by atoms with van der Waals surface area (Å²) < 4.78 is 16.6. The van der Waals surface area contributed by atoms with E-state index in [1.165, 1.54) is 13.2 Å². The fourth-order valence-corrected chi connectivity index (χ4v) is 4.09. The summed E-state index contributed by atoms with van der Waals surface area (Å²) in [6.45, 7) is 0. The molecule has 0 unspecified atom stereocenters. The minimum atomic E-state index is -0.504. The largest absolute Gasteiger partial charge is 0.495 e. The number of fused-ring (bicyclic) bond motifs is 1. The summed E-state index contributed by atoms with van der Waals surface area (Å²) in [7, 11) is 1.49. The molecule has 0 fully saturated rings. The van der Waals surface area contributed by atoms with Gasteiger partial charge in [0.15, 0.2) is 5.76 Å². The van der Waals surface area contributed by atoms with Gasteiger partial charge in [0.25, 0.3) is 5.91 Å². The third kappa shape index (κ3) is 4.54. The molecule has 2 heterocycles. The number of halogens is 2.